The first kappa shape index (κ1) is 19.9. The summed E-state index contributed by atoms with van der Waals surface area (Å²) in [5.74, 6) is 1.88. The van der Waals surface area contributed by atoms with Crippen LogP contribution in [0.25, 0.3) is 11.4 Å². The molecule has 0 aliphatic carbocycles. The number of hydrogen-bond acceptors (Lipinski definition) is 6. The predicted molar refractivity (Wildman–Crippen MR) is 97.9 cm³/mol. The molecule has 0 spiro atoms. The van der Waals surface area contributed by atoms with E-state index in [2.05, 4.69) is 15.5 Å². The molecule has 1 aromatic carbocycles. The summed E-state index contributed by atoms with van der Waals surface area (Å²) in [6.45, 7) is 5.29. The first-order chi connectivity index (χ1) is 12.6. The standard InChI is InChI=1S/C19H27N3O4/c1-14(2)25-13-5-12-20-17(23)6-4-7-18-21-19(22-26-18)15-8-10-16(24-3)11-9-15/h8-11,14H,4-7,12-13H2,1-3H3,(H,20,23). The van der Waals surface area contributed by atoms with Gasteiger partial charge in [-0.2, -0.15) is 4.98 Å². The van der Waals surface area contributed by atoms with Crippen molar-refractivity contribution >= 4 is 5.91 Å². The van der Waals surface area contributed by atoms with Gasteiger partial charge in [-0.1, -0.05) is 5.16 Å². The Morgan fingerprint density at radius 2 is 2.00 bits per heavy atom. The molecule has 1 N–H and O–H groups in total. The van der Waals surface area contributed by atoms with E-state index >= 15 is 0 Å². The third-order valence-electron chi connectivity index (χ3n) is 3.71. The molecule has 7 heteroatoms. The molecule has 0 unspecified atom stereocenters. The molecule has 142 valence electrons. The third kappa shape index (κ3) is 6.84. The minimum absolute atomic E-state index is 0.0319. The van der Waals surface area contributed by atoms with Crippen LogP contribution in [0.2, 0.25) is 0 Å². The molecule has 2 aromatic rings. The van der Waals surface area contributed by atoms with E-state index < -0.39 is 0 Å². The summed E-state index contributed by atoms with van der Waals surface area (Å²) in [4.78, 5) is 16.2. The molecular formula is C19H27N3O4. The molecule has 1 aromatic heterocycles. The van der Waals surface area contributed by atoms with E-state index in [9.17, 15) is 4.79 Å². The fraction of sp³-hybridized carbons (Fsp3) is 0.526. The van der Waals surface area contributed by atoms with Gasteiger partial charge in [-0.15, -0.1) is 0 Å². The first-order valence-electron chi connectivity index (χ1n) is 8.94. The Hall–Kier alpha value is -2.41. The highest BCUT2D eigenvalue weighted by atomic mass is 16.5. The summed E-state index contributed by atoms with van der Waals surface area (Å²) in [5.41, 5.74) is 0.863. The number of aryl methyl sites for hydroxylation is 1. The largest absolute Gasteiger partial charge is 0.497 e. The lowest BCUT2D eigenvalue weighted by molar-refractivity contribution is -0.121. The lowest BCUT2D eigenvalue weighted by Gasteiger charge is -2.08. The molecule has 0 aliphatic rings. The second-order valence-corrected chi connectivity index (χ2v) is 6.22. The van der Waals surface area contributed by atoms with E-state index in [-0.39, 0.29) is 12.0 Å². The summed E-state index contributed by atoms with van der Waals surface area (Å²) >= 11 is 0. The van der Waals surface area contributed by atoms with Crippen LogP contribution < -0.4 is 10.1 Å². The number of ether oxygens (including phenoxy) is 2. The Balaban J connectivity index is 1.67. The van der Waals surface area contributed by atoms with Crippen molar-refractivity contribution in [3.8, 4) is 17.1 Å². The van der Waals surface area contributed by atoms with Gasteiger partial charge in [0.05, 0.1) is 13.2 Å². The lowest BCUT2D eigenvalue weighted by Crippen LogP contribution is -2.25. The van der Waals surface area contributed by atoms with Gasteiger partial charge < -0.3 is 19.3 Å². The SMILES string of the molecule is COc1ccc(-c2noc(CCCC(=O)NCCCOC(C)C)n2)cc1. The van der Waals surface area contributed by atoms with Crippen LogP contribution in [0.15, 0.2) is 28.8 Å². The van der Waals surface area contributed by atoms with E-state index in [0.29, 0.717) is 44.1 Å². The Labute approximate surface area is 154 Å². The second kappa shape index (κ2) is 10.6. The number of carbonyl (C=O) groups excluding carboxylic acids is 1. The predicted octanol–water partition coefficient (Wildman–Crippen LogP) is 3.00. The van der Waals surface area contributed by atoms with E-state index in [1.165, 1.54) is 0 Å². The number of methoxy groups -OCH3 is 1. The molecule has 1 amide bonds. The van der Waals surface area contributed by atoms with Gasteiger partial charge in [0, 0.05) is 31.6 Å². The average molecular weight is 361 g/mol. The molecule has 0 fully saturated rings. The van der Waals surface area contributed by atoms with Gasteiger partial charge >= 0.3 is 0 Å². The van der Waals surface area contributed by atoms with Crippen LogP contribution in [0, 0.1) is 0 Å². The molecule has 0 saturated carbocycles. The van der Waals surface area contributed by atoms with Gasteiger partial charge in [0.1, 0.15) is 5.75 Å². The van der Waals surface area contributed by atoms with Crippen molar-refractivity contribution in [2.75, 3.05) is 20.3 Å². The lowest BCUT2D eigenvalue weighted by atomic mass is 10.2. The van der Waals surface area contributed by atoms with Crippen LogP contribution in [0.5, 0.6) is 5.75 Å². The Bertz CT molecular complexity index is 668. The maximum atomic E-state index is 11.8. The van der Waals surface area contributed by atoms with Crippen molar-refractivity contribution in [1.82, 2.24) is 15.5 Å². The number of nitrogens with one attached hydrogen (secondary N) is 1. The molecule has 2 rings (SSSR count). The molecule has 0 radical (unpaired) electrons. The molecular weight excluding hydrogens is 334 g/mol. The van der Waals surface area contributed by atoms with E-state index in [1.54, 1.807) is 7.11 Å². The minimum atomic E-state index is 0.0319. The number of nitrogens with zero attached hydrogens (tertiary/aromatic N) is 2. The second-order valence-electron chi connectivity index (χ2n) is 6.22. The monoisotopic (exact) mass is 361 g/mol. The van der Waals surface area contributed by atoms with Crippen LogP contribution in [-0.2, 0) is 16.0 Å². The van der Waals surface area contributed by atoms with Gasteiger partial charge in [0.15, 0.2) is 0 Å². The van der Waals surface area contributed by atoms with Gasteiger partial charge in [-0.05, 0) is 51.0 Å². The van der Waals surface area contributed by atoms with Crippen molar-refractivity contribution < 1.29 is 18.8 Å². The summed E-state index contributed by atoms with van der Waals surface area (Å²) < 4.78 is 15.8. The van der Waals surface area contributed by atoms with Gasteiger partial charge in [0.2, 0.25) is 17.6 Å². The minimum Gasteiger partial charge on any atom is -0.497 e. The molecule has 0 saturated heterocycles. The van der Waals surface area contributed by atoms with Crippen LogP contribution in [0.1, 0.15) is 39.0 Å². The summed E-state index contributed by atoms with van der Waals surface area (Å²) in [5, 5.41) is 6.87. The molecule has 7 nitrogen and oxygen atoms in total. The Morgan fingerprint density at radius 3 is 2.69 bits per heavy atom. The van der Waals surface area contributed by atoms with E-state index in [1.807, 2.05) is 38.1 Å². The average Bonchev–Trinajstić information content (AvgIpc) is 3.10. The quantitative estimate of drug-likeness (QED) is 0.619. The molecule has 26 heavy (non-hydrogen) atoms. The number of amides is 1. The van der Waals surface area contributed by atoms with Crippen LogP contribution in [0.4, 0.5) is 0 Å². The highest BCUT2D eigenvalue weighted by Gasteiger charge is 2.09. The number of carbonyl (C=O) groups is 1. The number of hydrogen-bond donors (Lipinski definition) is 1. The zero-order valence-corrected chi connectivity index (χ0v) is 15.7. The molecule has 1 heterocycles. The number of benzene rings is 1. The van der Waals surface area contributed by atoms with Gasteiger partial charge in [-0.3, -0.25) is 4.79 Å². The molecule has 0 bridgehead atoms. The summed E-state index contributed by atoms with van der Waals surface area (Å²) in [7, 11) is 1.62. The smallest absolute Gasteiger partial charge is 0.226 e. The normalized spacial score (nSPS) is 10.9. The fourth-order valence-corrected chi connectivity index (χ4v) is 2.32. The summed E-state index contributed by atoms with van der Waals surface area (Å²) in [6.07, 6.45) is 2.72. The van der Waals surface area contributed by atoms with Crippen molar-refractivity contribution in [1.29, 1.82) is 0 Å². The van der Waals surface area contributed by atoms with E-state index in [4.69, 9.17) is 14.0 Å². The molecule has 0 atom stereocenters. The van der Waals surface area contributed by atoms with Crippen molar-refractivity contribution in [2.45, 2.75) is 45.6 Å². The highest BCUT2D eigenvalue weighted by Crippen LogP contribution is 2.20. The maximum Gasteiger partial charge on any atom is 0.226 e. The van der Waals surface area contributed by atoms with Crippen molar-refractivity contribution in [2.24, 2.45) is 0 Å². The van der Waals surface area contributed by atoms with Crippen LogP contribution >= 0.6 is 0 Å². The third-order valence-corrected chi connectivity index (χ3v) is 3.71. The zero-order valence-electron chi connectivity index (χ0n) is 15.7. The van der Waals surface area contributed by atoms with E-state index in [0.717, 1.165) is 17.7 Å². The van der Waals surface area contributed by atoms with Crippen molar-refractivity contribution in [3.63, 3.8) is 0 Å². The molecule has 0 aliphatic heterocycles. The van der Waals surface area contributed by atoms with Gasteiger partial charge in [0.25, 0.3) is 0 Å². The highest BCUT2D eigenvalue weighted by molar-refractivity contribution is 5.75. The maximum absolute atomic E-state index is 11.8. The van der Waals surface area contributed by atoms with Crippen LogP contribution in [-0.4, -0.2) is 42.4 Å². The Kier molecular flexibility index (Phi) is 8.08. The summed E-state index contributed by atoms with van der Waals surface area (Å²) in [6, 6.07) is 7.46. The van der Waals surface area contributed by atoms with Crippen molar-refractivity contribution in [3.05, 3.63) is 30.2 Å². The number of rotatable bonds is 11. The zero-order chi connectivity index (χ0) is 18.8. The Morgan fingerprint density at radius 1 is 1.23 bits per heavy atom. The fourth-order valence-electron chi connectivity index (χ4n) is 2.32. The first-order valence-corrected chi connectivity index (χ1v) is 8.94. The van der Waals surface area contributed by atoms with Gasteiger partial charge in [-0.25, -0.2) is 0 Å². The van der Waals surface area contributed by atoms with Crippen LogP contribution in [0.3, 0.4) is 0 Å². The number of aromatic nitrogens is 2. The topological polar surface area (TPSA) is 86.5 Å².